The molecule has 0 atom stereocenters. The Morgan fingerprint density at radius 1 is 1.25 bits per heavy atom. The van der Waals surface area contributed by atoms with Crippen LogP contribution in [0.1, 0.15) is 24.5 Å². The number of hydrogen-bond donors (Lipinski definition) is 0. The van der Waals surface area contributed by atoms with Crippen LogP contribution >= 0.6 is 15.9 Å². The van der Waals surface area contributed by atoms with Gasteiger partial charge in [-0.25, -0.2) is 0 Å². The van der Waals surface area contributed by atoms with Crippen LogP contribution in [0.25, 0.3) is 0 Å². The molecule has 1 aromatic rings. The standard InChI is InChI=1S/C10H13Br.Ar/c1-2-4-9-5-3-6-10(7-9)8-11;/h3,5-7H,2,4,8H2,1H3;. The number of hydrogen-bond acceptors (Lipinski definition) is 0. The Labute approximate surface area is 113 Å². The van der Waals surface area contributed by atoms with E-state index in [-0.39, 0.29) is 37.7 Å². The summed E-state index contributed by atoms with van der Waals surface area (Å²) in [5.74, 6) is 0. The van der Waals surface area contributed by atoms with Crippen molar-refractivity contribution in [1.29, 1.82) is 0 Å². The zero-order valence-corrected chi connectivity index (χ0v) is 9.46. The Morgan fingerprint density at radius 3 is 2.50 bits per heavy atom. The fraction of sp³-hybridized carbons (Fsp3) is 0.400. The second-order valence-electron chi connectivity index (χ2n) is 2.70. The van der Waals surface area contributed by atoms with Crippen LogP contribution in [0, 0.1) is 37.7 Å². The molecule has 68 valence electrons. The number of rotatable bonds is 3. The maximum absolute atomic E-state index is 3.44. The molecule has 1 rings (SSSR count). The average Bonchev–Trinajstić information content (AvgIpc) is 2.06. The average molecular weight is 253 g/mol. The summed E-state index contributed by atoms with van der Waals surface area (Å²) in [5, 5.41) is 0.963. The molecule has 0 aromatic heterocycles. The van der Waals surface area contributed by atoms with Crippen LogP contribution in [-0.2, 0) is 11.8 Å². The second-order valence-corrected chi connectivity index (χ2v) is 3.26. The second kappa shape index (κ2) is 7.37. The van der Waals surface area contributed by atoms with E-state index in [0.29, 0.717) is 0 Å². The normalized spacial score (nSPS) is 9.17. The predicted octanol–water partition coefficient (Wildman–Crippen LogP) is 3.53. The van der Waals surface area contributed by atoms with E-state index in [1.165, 1.54) is 24.0 Å². The maximum atomic E-state index is 3.44. The van der Waals surface area contributed by atoms with Gasteiger partial charge in [-0.15, -0.1) is 0 Å². The van der Waals surface area contributed by atoms with Gasteiger partial charge in [-0.2, -0.15) is 0 Å². The summed E-state index contributed by atoms with van der Waals surface area (Å²) < 4.78 is 0. The van der Waals surface area contributed by atoms with Crippen LogP contribution < -0.4 is 0 Å². The van der Waals surface area contributed by atoms with Crippen molar-refractivity contribution in [3.63, 3.8) is 0 Å². The van der Waals surface area contributed by atoms with Gasteiger partial charge in [0.05, 0.1) is 0 Å². The van der Waals surface area contributed by atoms with E-state index in [4.69, 9.17) is 0 Å². The topological polar surface area (TPSA) is 0 Å². The van der Waals surface area contributed by atoms with Crippen molar-refractivity contribution in [2.75, 3.05) is 0 Å². The zero-order chi connectivity index (χ0) is 8.10. The van der Waals surface area contributed by atoms with Crippen molar-refractivity contribution >= 4 is 15.9 Å². The largest absolute Gasteiger partial charge is 0.0876 e. The molecule has 0 nitrogen and oxygen atoms in total. The molecule has 0 saturated heterocycles. The molecule has 0 fully saturated rings. The first-order valence-corrected chi connectivity index (χ1v) is 5.12. The minimum absolute atomic E-state index is 0. The van der Waals surface area contributed by atoms with Crippen LogP contribution in [0.15, 0.2) is 24.3 Å². The Morgan fingerprint density at radius 2 is 1.92 bits per heavy atom. The molecular formula is C10H13ArBr. The molecule has 0 radical (unpaired) electrons. The van der Waals surface area contributed by atoms with E-state index in [2.05, 4.69) is 47.1 Å². The van der Waals surface area contributed by atoms with Gasteiger partial charge in [0.15, 0.2) is 0 Å². The third kappa shape index (κ3) is 4.27. The molecule has 0 heterocycles. The Kier molecular flexibility index (Phi) is 7.96. The molecule has 0 aliphatic carbocycles. The summed E-state index contributed by atoms with van der Waals surface area (Å²) in [4.78, 5) is 0. The summed E-state index contributed by atoms with van der Waals surface area (Å²) in [7, 11) is 0. The number of benzene rings is 1. The van der Waals surface area contributed by atoms with Gasteiger partial charge in [0.1, 0.15) is 0 Å². The molecule has 0 aliphatic rings. The van der Waals surface area contributed by atoms with Gasteiger partial charge in [0.2, 0.25) is 0 Å². The van der Waals surface area contributed by atoms with Gasteiger partial charge in [-0.1, -0.05) is 53.5 Å². The summed E-state index contributed by atoms with van der Waals surface area (Å²) >= 11 is 3.44. The van der Waals surface area contributed by atoms with Gasteiger partial charge < -0.3 is 0 Å². The molecule has 0 unspecified atom stereocenters. The van der Waals surface area contributed by atoms with Crippen molar-refractivity contribution in [2.24, 2.45) is 0 Å². The van der Waals surface area contributed by atoms with E-state index in [1.807, 2.05) is 0 Å². The molecular weight excluding hydrogens is 240 g/mol. The summed E-state index contributed by atoms with van der Waals surface area (Å²) in [6, 6.07) is 8.73. The minimum Gasteiger partial charge on any atom is -0.0876 e. The molecule has 2 heteroatoms. The first-order chi connectivity index (χ1) is 5.36. The Hall–Kier alpha value is 0.960. The van der Waals surface area contributed by atoms with E-state index >= 15 is 0 Å². The van der Waals surface area contributed by atoms with Crippen molar-refractivity contribution in [3.05, 3.63) is 35.4 Å². The van der Waals surface area contributed by atoms with E-state index < -0.39 is 0 Å². The molecule has 0 amide bonds. The van der Waals surface area contributed by atoms with Crippen molar-refractivity contribution in [1.82, 2.24) is 0 Å². The first kappa shape index (κ1) is 13.0. The SMILES string of the molecule is CCCc1cccc(CBr)c1.[Ar]. The molecule has 1 aromatic carbocycles. The van der Waals surface area contributed by atoms with Gasteiger partial charge in [0, 0.05) is 43.1 Å². The number of aryl methyl sites for hydroxylation is 1. The predicted molar refractivity (Wildman–Crippen MR) is 53.1 cm³/mol. The van der Waals surface area contributed by atoms with Gasteiger partial charge in [-0.05, 0) is 17.5 Å². The van der Waals surface area contributed by atoms with Crippen LogP contribution in [0.4, 0.5) is 0 Å². The van der Waals surface area contributed by atoms with Crippen molar-refractivity contribution < 1.29 is 37.7 Å². The van der Waals surface area contributed by atoms with Crippen molar-refractivity contribution in [3.8, 4) is 0 Å². The van der Waals surface area contributed by atoms with E-state index in [9.17, 15) is 0 Å². The van der Waals surface area contributed by atoms with Gasteiger partial charge in [-0.3, -0.25) is 0 Å². The molecule has 0 bridgehead atoms. The quantitative estimate of drug-likeness (QED) is 0.723. The van der Waals surface area contributed by atoms with Gasteiger partial charge in [0.25, 0.3) is 0 Å². The fourth-order valence-electron chi connectivity index (χ4n) is 1.16. The smallest absolute Gasteiger partial charge is 0.0283 e. The summed E-state index contributed by atoms with van der Waals surface area (Å²) in [6.07, 6.45) is 2.42. The van der Waals surface area contributed by atoms with Crippen molar-refractivity contribution in [2.45, 2.75) is 25.1 Å². The third-order valence-corrected chi connectivity index (χ3v) is 2.33. The van der Waals surface area contributed by atoms with Gasteiger partial charge >= 0.3 is 0 Å². The Balaban J connectivity index is 0.00000121. The summed E-state index contributed by atoms with van der Waals surface area (Å²) in [6.45, 7) is 2.21. The fourth-order valence-corrected chi connectivity index (χ4v) is 1.51. The number of alkyl halides is 1. The molecule has 0 aliphatic heterocycles. The van der Waals surface area contributed by atoms with Crippen LogP contribution in [0.5, 0.6) is 0 Å². The van der Waals surface area contributed by atoms with E-state index in [1.54, 1.807) is 0 Å². The molecule has 0 saturated carbocycles. The van der Waals surface area contributed by atoms with Crippen LogP contribution in [0.3, 0.4) is 0 Å². The monoisotopic (exact) mass is 252 g/mol. The molecule has 12 heavy (non-hydrogen) atoms. The minimum atomic E-state index is 0. The molecule has 0 N–H and O–H groups in total. The Bertz CT molecular complexity index is 223. The summed E-state index contributed by atoms with van der Waals surface area (Å²) in [5.41, 5.74) is 2.82. The van der Waals surface area contributed by atoms with E-state index in [0.717, 1.165) is 5.33 Å². The molecule has 0 spiro atoms. The zero-order valence-electron chi connectivity index (χ0n) is 7.16. The van der Waals surface area contributed by atoms with Crippen LogP contribution in [0.2, 0.25) is 0 Å². The third-order valence-electron chi connectivity index (χ3n) is 1.68. The maximum Gasteiger partial charge on any atom is 0.0283 e. The first-order valence-electron chi connectivity index (χ1n) is 4.00. The number of halogens is 1. The van der Waals surface area contributed by atoms with Crippen LogP contribution in [-0.4, -0.2) is 0 Å².